The Bertz CT molecular complexity index is 1130. The van der Waals surface area contributed by atoms with Gasteiger partial charge in [-0.25, -0.2) is 13.9 Å². The first kappa shape index (κ1) is 21.7. The number of aromatic nitrogens is 2. The number of carbonyl (C=O) groups excluding carboxylic acids is 2. The van der Waals surface area contributed by atoms with Crippen molar-refractivity contribution in [3.8, 4) is 23.0 Å². The molecule has 0 aliphatic rings. The van der Waals surface area contributed by atoms with Gasteiger partial charge in [-0.05, 0) is 50.2 Å². The molecule has 0 radical (unpaired) electrons. The van der Waals surface area contributed by atoms with Crippen molar-refractivity contribution in [3.63, 3.8) is 0 Å². The van der Waals surface area contributed by atoms with E-state index < -0.39 is 29.8 Å². The second-order valence-electron chi connectivity index (χ2n) is 7.38. The van der Waals surface area contributed by atoms with Crippen molar-refractivity contribution in [3.05, 3.63) is 72.2 Å². The molecule has 0 atom stereocenters. The highest BCUT2D eigenvalue weighted by atomic mass is 19.1. The average Bonchev–Trinajstić information content (AvgIpc) is 3.23. The van der Waals surface area contributed by atoms with E-state index in [1.54, 1.807) is 13.8 Å². The van der Waals surface area contributed by atoms with Crippen LogP contribution < -0.4 is 0 Å². The molecular formula is C23H21FN4O3. The lowest BCUT2D eigenvalue weighted by atomic mass is 10.1. The number of nitrogens with zero attached hydrogens (tertiary/aromatic N) is 4. The highest BCUT2D eigenvalue weighted by Gasteiger charge is 2.28. The number of para-hydroxylation sites is 1. The number of nitriles is 1. The number of hydrogen-bond donors (Lipinski definition) is 0. The fourth-order valence-electron chi connectivity index (χ4n) is 2.75. The summed E-state index contributed by atoms with van der Waals surface area (Å²) in [7, 11) is 1.47. The Morgan fingerprint density at radius 3 is 2.42 bits per heavy atom. The molecule has 0 aliphatic carbocycles. The van der Waals surface area contributed by atoms with Crippen molar-refractivity contribution in [2.24, 2.45) is 0 Å². The Balaban J connectivity index is 1.89. The minimum Gasteiger partial charge on any atom is -0.452 e. The fraction of sp³-hybridized carbons (Fsp3) is 0.217. The van der Waals surface area contributed by atoms with E-state index in [9.17, 15) is 19.2 Å². The molecule has 8 heteroatoms. The zero-order valence-corrected chi connectivity index (χ0v) is 17.4. The van der Waals surface area contributed by atoms with E-state index in [0.717, 1.165) is 5.69 Å². The number of likely N-dealkylation sites (N-methyl/N-ethyl adjacent to an activating group) is 1. The Labute approximate surface area is 179 Å². The molecule has 0 N–H and O–H groups in total. The molecule has 1 amide bonds. The molecule has 3 aromatic rings. The van der Waals surface area contributed by atoms with Crippen LogP contribution in [0, 0.1) is 17.1 Å². The molecule has 0 saturated heterocycles. The Morgan fingerprint density at radius 1 is 1.16 bits per heavy atom. The van der Waals surface area contributed by atoms with E-state index in [-0.39, 0.29) is 5.56 Å². The molecule has 1 aromatic heterocycles. The molecule has 1 heterocycles. The van der Waals surface area contributed by atoms with E-state index in [4.69, 9.17) is 4.74 Å². The third kappa shape index (κ3) is 4.78. The van der Waals surface area contributed by atoms with Gasteiger partial charge in [0.05, 0.1) is 11.8 Å². The van der Waals surface area contributed by atoms with Crippen molar-refractivity contribution in [1.82, 2.24) is 14.7 Å². The number of benzene rings is 2. The van der Waals surface area contributed by atoms with Gasteiger partial charge in [0.25, 0.3) is 5.91 Å². The summed E-state index contributed by atoms with van der Waals surface area (Å²) < 4.78 is 20.1. The fourth-order valence-corrected chi connectivity index (χ4v) is 2.75. The Hall–Kier alpha value is -3.99. The standard InChI is InChI=1S/C23H21FN4O3/c1-23(2,15-25)27(3)20(29)14-31-22(30)19-13-28(18-7-5-4-6-8-18)26-21(19)16-9-11-17(24)12-10-16/h4-13H,14H2,1-3H3. The summed E-state index contributed by atoms with van der Waals surface area (Å²) in [6, 6.07) is 16.7. The van der Waals surface area contributed by atoms with E-state index >= 15 is 0 Å². The second-order valence-corrected chi connectivity index (χ2v) is 7.38. The zero-order chi connectivity index (χ0) is 22.6. The molecule has 0 spiro atoms. The van der Waals surface area contributed by atoms with Gasteiger partial charge in [0.15, 0.2) is 6.61 Å². The molecule has 0 unspecified atom stereocenters. The minimum atomic E-state index is -1.04. The van der Waals surface area contributed by atoms with E-state index in [2.05, 4.69) is 5.10 Å². The van der Waals surface area contributed by atoms with Crippen molar-refractivity contribution in [2.45, 2.75) is 19.4 Å². The van der Waals surface area contributed by atoms with Gasteiger partial charge in [0, 0.05) is 18.8 Å². The van der Waals surface area contributed by atoms with Gasteiger partial charge >= 0.3 is 5.97 Å². The molecule has 3 rings (SSSR count). The second kappa shape index (κ2) is 8.79. The van der Waals surface area contributed by atoms with Crippen LogP contribution in [0.3, 0.4) is 0 Å². The lowest BCUT2D eigenvalue weighted by molar-refractivity contribution is -0.136. The summed E-state index contributed by atoms with van der Waals surface area (Å²) in [6.45, 7) is 2.65. The molecule has 0 bridgehead atoms. The number of carbonyl (C=O) groups is 2. The summed E-state index contributed by atoms with van der Waals surface area (Å²) in [5.74, 6) is -1.68. The van der Waals surface area contributed by atoms with Crippen LogP contribution in [-0.4, -0.2) is 45.8 Å². The van der Waals surface area contributed by atoms with Crippen molar-refractivity contribution in [2.75, 3.05) is 13.7 Å². The molecule has 31 heavy (non-hydrogen) atoms. The van der Waals surface area contributed by atoms with E-state index in [0.29, 0.717) is 11.3 Å². The largest absolute Gasteiger partial charge is 0.452 e. The number of hydrogen-bond acceptors (Lipinski definition) is 5. The Morgan fingerprint density at radius 2 is 1.81 bits per heavy atom. The van der Waals surface area contributed by atoms with Crippen LogP contribution in [0.5, 0.6) is 0 Å². The molecule has 0 fully saturated rings. The third-order valence-corrected chi connectivity index (χ3v) is 4.89. The highest BCUT2D eigenvalue weighted by molar-refractivity contribution is 5.97. The van der Waals surface area contributed by atoms with Crippen LogP contribution in [0.1, 0.15) is 24.2 Å². The number of rotatable bonds is 6. The van der Waals surface area contributed by atoms with Crippen LogP contribution in [0.15, 0.2) is 60.8 Å². The van der Waals surface area contributed by atoms with E-state index in [1.807, 2.05) is 36.4 Å². The lowest BCUT2D eigenvalue weighted by Gasteiger charge is -2.28. The lowest BCUT2D eigenvalue weighted by Crippen LogP contribution is -2.45. The normalized spacial score (nSPS) is 10.9. The summed E-state index contributed by atoms with van der Waals surface area (Å²) in [4.78, 5) is 26.4. The molecular weight excluding hydrogens is 399 g/mol. The van der Waals surface area contributed by atoms with Crippen LogP contribution in [0.4, 0.5) is 4.39 Å². The first-order valence-electron chi connectivity index (χ1n) is 9.49. The van der Waals surface area contributed by atoms with Gasteiger partial charge in [0.1, 0.15) is 22.6 Å². The van der Waals surface area contributed by atoms with Crippen LogP contribution in [-0.2, 0) is 9.53 Å². The molecule has 158 valence electrons. The van der Waals surface area contributed by atoms with Gasteiger partial charge in [-0.1, -0.05) is 18.2 Å². The van der Waals surface area contributed by atoms with Gasteiger partial charge in [-0.2, -0.15) is 10.4 Å². The number of ether oxygens (including phenoxy) is 1. The smallest absolute Gasteiger partial charge is 0.342 e. The number of esters is 1. The van der Waals surface area contributed by atoms with Crippen LogP contribution >= 0.6 is 0 Å². The van der Waals surface area contributed by atoms with Crippen molar-refractivity contribution in [1.29, 1.82) is 5.26 Å². The number of amides is 1. The molecule has 2 aromatic carbocycles. The first-order chi connectivity index (χ1) is 14.7. The maximum atomic E-state index is 13.4. The predicted molar refractivity (Wildman–Crippen MR) is 112 cm³/mol. The minimum absolute atomic E-state index is 0.130. The zero-order valence-electron chi connectivity index (χ0n) is 17.4. The van der Waals surface area contributed by atoms with Gasteiger partial charge in [-0.15, -0.1) is 0 Å². The van der Waals surface area contributed by atoms with Crippen LogP contribution in [0.25, 0.3) is 16.9 Å². The Kier molecular flexibility index (Phi) is 6.16. The number of halogens is 1. The van der Waals surface area contributed by atoms with Gasteiger partial charge in [-0.3, -0.25) is 4.79 Å². The van der Waals surface area contributed by atoms with Gasteiger partial charge in [0.2, 0.25) is 0 Å². The quantitative estimate of drug-likeness (QED) is 0.569. The highest BCUT2D eigenvalue weighted by Crippen LogP contribution is 2.25. The topological polar surface area (TPSA) is 88.2 Å². The maximum absolute atomic E-state index is 13.4. The predicted octanol–water partition coefficient (Wildman–Crippen LogP) is 3.60. The monoisotopic (exact) mass is 420 g/mol. The first-order valence-corrected chi connectivity index (χ1v) is 9.49. The molecule has 7 nitrogen and oxygen atoms in total. The summed E-state index contributed by atoms with van der Waals surface area (Å²) in [6.07, 6.45) is 1.50. The SMILES string of the molecule is CN(C(=O)COC(=O)c1cn(-c2ccccc2)nc1-c1ccc(F)cc1)C(C)(C)C#N. The maximum Gasteiger partial charge on any atom is 0.342 e. The van der Waals surface area contributed by atoms with Crippen LogP contribution in [0.2, 0.25) is 0 Å². The third-order valence-electron chi connectivity index (χ3n) is 4.89. The summed E-state index contributed by atoms with van der Waals surface area (Å²) >= 11 is 0. The van der Waals surface area contributed by atoms with Crippen molar-refractivity contribution < 1.29 is 18.7 Å². The van der Waals surface area contributed by atoms with E-state index in [1.165, 1.54) is 47.1 Å². The summed E-state index contributed by atoms with van der Waals surface area (Å²) in [5.41, 5.74) is 0.632. The average molecular weight is 420 g/mol. The molecule has 0 aliphatic heterocycles. The molecule has 0 saturated carbocycles. The van der Waals surface area contributed by atoms with Crippen molar-refractivity contribution >= 4 is 11.9 Å². The van der Waals surface area contributed by atoms with Gasteiger partial charge < -0.3 is 9.64 Å². The summed E-state index contributed by atoms with van der Waals surface area (Å²) in [5, 5.41) is 13.6.